The molecule has 0 radical (unpaired) electrons. The third-order valence-corrected chi connectivity index (χ3v) is 5.79. The van der Waals surface area contributed by atoms with Crippen LogP contribution in [0.2, 0.25) is 0 Å². The Morgan fingerprint density at radius 1 is 1.11 bits per heavy atom. The minimum absolute atomic E-state index is 0.0166. The number of aryl methyl sites for hydroxylation is 2. The van der Waals surface area contributed by atoms with E-state index in [2.05, 4.69) is 12.1 Å². The minimum Gasteiger partial charge on any atom is -0.503 e. The van der Waals surface area contributed by atoms with Crippen LogP contribution in [0.25, 0.3) is 0 Å². The number of furan rings is 1. The second kappa shape index (κ2) is 10.1. The molecule has 9 nitrogen and oxygen atoms in total. The Balaban J connectivity index is 1.78. The van der Waals surface area contributed by atoms with Gasteiger partial charge in [-0.3, -0.25) is 14.5 Å². The Bertz CT molecular complexity index is 1270. The summed E-state index contributed by atoms with van der Waals surface area (Å²) in [5, 5.41) is 14.8. The molecule has 0 fully saturated rings. The number of aliphatic hydroxyl groups is 1. The first-order valence-corrected chi connectivity index (χ1v) is 11.5. The van der Waals surface area contributed by atoms with Crippen molar-refractivity contribution in [2.24, 2.45) is 0 Å². The molecule has 0 saturated heterocycles. The molecule has 3 heterocycles. The van der Waals surface area contributed by atoms with E-state index in [1.54, 1.807) is 44.2 Å². The number of unbranched alkanes of at least 4 members (excludes halogenated alkanes) is 2. The highest BCUT2D eigenvalue weighted by Gasteiger charge is 2.46. The highest BCUT2D eigenvalue weighted by molar-refractivity contribution is 6.20. The van der Waals surface area contributed by atoms with Gasteiger partial charge in [0.2, 0.25) is 5.78 Å². The molecule has 35 heavy (non-hydrogen) atoms. The molecule has 1 aromatic carbocycles. The van der Waals surface area contributed by atoms with E-state index in [-0.39, 0.29) is 17.2 Å². The number of aliphatic hydroxyl groups excluding tert-OH is 1. The third-order valence-electron chi connectivity index (χ3n) is 5.79. The average Bonchev–Trinajstić information content (AvgIpc) is 3.54. The SMILES string of the molecule is CCCCCOc1ccc([C@H]2C(C(=O)c3ccc(C)o3)=C(O)C(=O)N2c2cc(C)on2)cc1OC. The van der Waals surface area contributed by atoms with Crippen LogP contribution in [0.3, 0.4) is 0 Å². The number of ether oxygens (including phenoxy) is 2. The Labute approximate surface area is 202 Å². The summed E-state index contributed by atoms with van der Waals surface area (Å²) in [4.78, 5) is 27.8. The molecule has 1 aliphatic rings. The molecule has 9 heteroatoms. The molecule has 0 aliphatic carbocycles. The highest BCUT2D eigenvalue weighted by atomic mass is 16.5. The summed E-state index contributed by atoms with van der Waals surface area (Å²) in [7, 11) is 1.52. The van der Waals surface area contributed by atoms with Crippen molar-refractivity contribution in [3.8, 4) is 11.5 Å². The molecule has 1 aliphatic heterocycles. The number of benzene rings is 1. The van der Waals surface area contributed by atoms with Crippen LogP contribution in [-0.2, 0) is 4.79 Å². The predicted molar refractivity (Wildman–Crippen MR) is 127 cm³/mol. The fraction of sp³-hybridized carbons (Fsp3) is 0.346. The van der Waals surface area contributed by atoms with Gasteiger partial charge < -0.3 is 23.5 Å². The number of hydrogen-bond acceptors (Lipinski definition) is 8. The molecule has 1 atom stereocenters. The molecule has 0 saturated carbocycles. The van der Waals surface area contributed by atoms with E-state index >= 15 is 0 Å². The number of methoxy groups -OCH3 is 1. The molecule has 2 aromatic heterocycles. The third kappa shape index (κ3) is 4.66. The second-order valence-corrected chi connectivity index (χ2v) is 8.34. The average molecular weight is 481 g/mol. The molecule has 0 spiro atoms. The number of rotatable bonds is 10. The highest BCUT2D eigenvalue weighted by Crippen LogP contribution is 2.43. The van der Waals surface area contributed by atoms with Crippen molar-refractivity contribution in [2.75, 3.05) is 18.6 Å². The molecule has 1 N–H and O–H groups in total. The molecule has 0 unspecified atom stereocenters. The summed E-state index contributed by atoms with van der Waals surface area (Å²) >= 11 is 0. The summed E-state index contributed by atoms with van der Waals surface area (Å²) in [6.45, 7) is 6.05. The minimum atomic E-state index is -0.993. The van der Waals surface area contributed by atoms with Crippen LogP contribution in [-0.4, -0.2) is 35.7 Å². The molecular formula is C26H28N2O7. The lowest BCUT2D eigenvalue weighted by Crippen LogP contribution is -2.31. The quantitative estimate of drug-likeness (QED) is 0.309. The van der Waals surface area contributed by atoms with Gasteiger partial charge in [-0.05, 0) is 50.1 Å². The van der Waals surface area contributed by atoms with Crippen LogP contribution in [0.1, 0.15) is 59.9 Å². The first-order chi connectivity index (χ1) is 16.8. The summed E-state index contributed by atoms with van der Waals surface area (Å²) in [5.74, 6) is 0.130. The Kier molecular flexibility index (Phi) is 6.95. The van der Waals surface area contributed by atoms with E-state index in [1.165, 1.54) is 18.1 Å². The van der Waals surface area contributed by atoms with E-state index in [4.69, 9.17) is 18.4 Å². The molecule has 3 aromatic rings. The van der Waals surface area contributed by atoms with Gasteiger partial charge in [-0.2, -0.15) is 0 Å². The van der Waals surface area contributed by atoms with Crippen LogP contribution in [0, 0.1) is 13.8 Å². The molecule has 0 bridgehead atoms. The van der Waals surface area contributed by atoms with E-state index < -0.39 is 23.5 Å². The van der Waals surface area contributed by atoms with Gasteiger partial charge in [0.1, 0.15) is 11.5 Å². The zero-order valence-corrected chi connectivity index (χ0v) is 20.2. The van der Waals surface area contributed by atoms with Crippen LogP contribution < -0.4 is 14.4 Å². The van der Waals surface area contributed by atoms with Gasteiger partial charge in [0.25, 0.3) is 5.91 Å². The molecule has 184 valence electrons. The number of hydrogen-bond donors (Lipinski definition) is 1. The Morgan fingerprint density at radius 3 is 2.54 bits per heavy atom. The van der Waals surface area contributed by atoms with Crippen LogP contribution in [0.5, 0.6) is 11.5 Å². The standard InChI is InChI=1S/C26H28N2O7/c1-5-6-7-12-33-18-11-9-17(14-20(18)32-4)23-22(24(29)19-10-8-15(2)34-19)25(30)26(31)28(23)21-13-16(3)35-27-21/h8-11,13-14,23,30H,5-7,12H2,1-4H3/t23-/m0/s1. The largest absolute Gasteiger partial charge is 0.503 e. The van der Waals surface area contributed by atoms with E-state index in [0.29, 0.717) is 35.2 Å². The first kappa shape index (κ1) is 24.1. The van der Waals surface area contributed by atoms with Crippen LogP contribution >= 0.6 is 0 Å². The maximum absolute atomic E-state index is 13.4. The van der Waals surface area contributed by atoms with E-state index in [0.717, 1.165) is 19.3 Å². The molecular weight excluding hydrogens is 452 g/mol. The van der Waals surface area contributed by atoms with Crippen molar-refractivity contribution >= 4 is 17.5 Å². The molecule has 4 rings (SSSR count). The van der Waals surface area contributed by atoms with E-state index in [1.807, 2.05) is 0 Å². The van der Waals surface area contributed by atoms with Gasteiger partial charge in [0, 0.05) is 6.07 Å². The van der Waals surface area contributed by atoms with Crippen molar-refractivity contribution in [3.63, 3.8) is 0 Å². The number of carbonyl (C=O) groups excluding carboxylic acids is 2. The van der Waals surface area contributed by atoms with Gasteiger partial charge in [0.05, 0.1) is 25.3 Å². The maximum atomic E-state index is 13.4. The maximum Gasteiger partial charge on any atom is 0.295 e. The topological polar surface area (TPSA) is 115 Å². The lowest BCUT2D eigenvalue weighted by Gasteiger charge is -2.25. The van der Waals surface area contributed by atoms with Gasteiger partial charge in [-0.25, -0.2) is 0 Å². The fourth-order valence-corrected chi connectivity index (χ4v) is 4.05. The van der Waals surface area contributed by atoms with Crippen molar-refractivity contribution in [1.82, 2.24) is 5.16 Å². The predicted octanol–water partition coefficient (Wildman–Crippen LogP) is 5.24. The zero-order valence-electron chi connectivity index (χ0n) is 20.2. The first-order valence-electron chi connectivity index (χ1n) is 11.5. The summed E-state index contributed by atoms with van der Waals surface area (Å²) in [5.41, 5.74) is 0.399. The number of amides is 1. The molecule has 1 amide bonds. The van der Waals surface area contributed by atoms with Crippen molar-refractivity contribution in [3.05, 3.63) is 70.6 Å². The lowest BCUT2D eigenvalue weighted by molar-refractivity contribution is -0.117. The Hall–Kier alpha value is -4.01. The van der Waals surface area contributed by atoms with Crippen LogP contribution in [0.15, 0.2) is 56.7 Å². The summed E-state index contributed by atoms with van der Waals surface area (Å²) in [6, 6.07) is 8.87. The number of nitrogens with zero attached hydrogens (tertiary/aromatic N) is 2. The number of aromatic nitrogens is 1. The number of Topliss-reactive ketones (excluding diaryl/α,β-unsaturated/α-hetero) is 1. The number of carbonyl (C=O) groups is 2. The Morgan fingerprint density at radius 2 is 1.91 bits per heavy atom. The van der Waals surface area contributed by atoms with Gasteiger partial charge in [-0.15, -0.1) is 0 Å². The zero-order chi connectivity index (χ0) is 25.1. The van der Waals surface area contributed by atoms with Crippen molar-refractivity contribution < 1.29 is 33.1 Å². The number of anilines is 1. The van der Waals surface area contributed by atoms with Crippen molar-refractivity contribution in [1.29, 1.82) is 0 Å². The van der Waals surface area contributed by atoms with Gasteiger partial charge in [0.15, 0.2) is 28.8 Å². The van der Waals surface area contributed by atoms with E-state index in [9.17, 15) is 14.7 Å². The van der Waals surface area contributed by atoms with Crippen molar-refractivity contribution in [2.45, 2.75) is 46.1 Å². The monoisotopic (exact) mass is 480 g/mol. The number of ketones is 1. The van der Waals surface area contributed by atoms with Gasteiger partial charge in [-0.1, -0.05) is 31.0 Å². The summed E-state index contributed by atoms with van der Waals surface area (Å²) in [6.07, 6.45) is 3.04. The van der Waals surface area contributed by atoms with Gasteiger partial charge >= 0.3 is 0 Å². The smallest absolute Gasteiger partial charge is 0.295 e. The lowest BCUT2D eigenvalue weighted by atomic mass is 9.94. The summed E-state index contributed by atoms with van der Waals surface area (Å²) < 4.78 is 22.1. The second-order valence-electron chi connectivity index (χ2n) is 8.34. The fourth-order valence-electron chi connectivity index (χ4n) is 4.05. The van der Waals surface area contributed by atoms with Crippen LogP contribution in [0.4, 0.5) is 5.82 Å². The normalized spacial score (nSPS) is 15.7.